The monoisotopic (exact) mass is 249 g/mol. The summed E-state index contributed by atoms with van der Waals surface area (Å²) in [6, 6.07) is 20.3. The van der Waals surface area contributed by atoms with Crippen molar-refractivity contribution in [3.63, 3.8) is 0 Å². The lowest BCUT2D eigenvalue weighted by atomic mass is 10.1. The number of benzene rings is 2. The first-order valence-corrected chi connectivity index (χ1v) is 6.39. The molecule has 0 amide bonds. The minimum atomic E-state index is 0.0177. The molecule has 0 radical (unpaired) electrons. The van der Waals surface area contributed by atoms with Gasteiger partial charge in [0.15, 0.2) is 0 Å². The van der Waals surface area contributed by atoms with Crippen LogP contribution in [0.4, 0.5) is 0 Å². The molecule has 0 saturated heterocycles. The lowest BCUT2D eigenvalue weighted by molar-refractivity contribution is 0.226. The Bertz CT molecular complexity index is 679. The molecule has 1 atom stereocenters. The smallest absolute Gasteiger partial charge is 0.139 e. The fraction of sp³-hybridized carbons (Fsp3) is 0.118. The highest BCUT2D eigenvalue weighted by Crippen LogP contribution is 2.23. The van der Waals surface area contributed by atoms with Crippen molar-refractivity contribution in [2.75, 3.05) is 0 Å². The van der Waals surface area contributed by atoms with Crippen molar-refractivity contribution in [1.29, 1.82) is 0 Å². The number of hydrogen-bond donors (Lipinski definition) is 0. The van der Waals surface area contributed by atoms with Crippen LogP contribution in [0.2, 0.25) is 0 Å². The lowest BCUT2D eigenvalue weighted by Gasteiger charge is -2.15. The van der Waals surface area contributed by atoms with Crippen LogP contribution in [-0.2, 0) is 0 Å². The molecule has 0 aliphatic heterocycles. The highest BCUT2D eigenvalue weighted by molar-refractivity contribution is 5.79. The summed E-state index contributed by atoms with van der Waals surface area (Å²) in [6.07, 6.45) is 1.80. The molecule has 0 bridgehead atoms. The minimum absolute atomic E-state index is 0.0177. The molecule has 0 saturated carbocycles. The normalized spacial score (nSPS) is 12.3. The maximum Gasteiger partial charge on any atom is 0.139 e. The van der Waals surface area contributed by atoms with Gasteiger partial charge in [-0.1, -0.05) is 48.5 Å². The summed E-state index contributed by atoms with van der Waals surface area (Å²) in [5.74, 6) is 0.801. The fourth-order valence-corrected chi connectivity index (χ4v) is 2.11. The van der Waals surface area contributed by atoms with E-state index in [4.69, 9.17) is 4.74 Å². The number of fused-ring (bicyclic) bond motifs is 1. The van der Waals surface area contributed by atoms with Gasteiger partial charge in [0.25, 0.3) is 0 Å². The minimum Gasteiger partial charge on any atom is -0.484 e. The first-order valence-electron chi connectivity index (χ1n) is 6.39. The van der Waals surface area contributed by atoms with Gasteiger partial charge in [0, 0.05) is 5.39 Å². The maximum atomic E-state index is 5.95. The number of para-hydroxylation sites is 1. The summed E-state index contributed by atoms with van der Waals surface area (Å²) in [5, 5.41) is 1.10. The van der Waals surface area contributed by atoms with Crippen LogP contribution in [-0.4, -0.2) is 4.98 Å². The molecular formula is C17H15NO. The van der Waals surface area contributed by atoms with Crippen molar-refractivity contribution < 1.29 is 4.74 Å². The molecule has 1 aromatic heterocycles. The van der Waals surface area contributed by atoms with Gasteiger partial charge >= 0.3 is 0 Å². The van der Waals surface area contributed by atoms with Gasteiger partial charge in [-0.3, -0.25) is 4.98 Å². The zero-order valence-electron chi connectivity index (χ0n) is 10.8. The Hall–Kier alpha value is -2.35. The van der Waals surface area contributed by atoms with E-state index in [0.29, 0.717) is 0 Å². The summed E-state index contributed by atoms with van der Waals surface area (Å²) >= 11 is 0. The summed E-state index contributed by atoms with van der Waals surface area (Å²) < 4.78 is 5.95. The highest BCUT2D eigenvalue weighted by Gasteiger charge is 2.07. The van der Waals surface area contributed by atoms with Crippen molar-refractivity contribution in [2.45, 2.75) is 13.0 Å². The van der Waals surface area contributed by atoms with Gasteiger partial charge in [-0.15, -0.1) is 0 Å². The Balaban J connectivity index is 1.85. The van der Waals surface area contributed by atoms with Gasteiger partial charge in [0.2, 0.25) is 0 Å². The average molecular weight is 249 g/mol. The molecule has 2 nitrogen and oxygen atoms in total. The van der Waals surface area contributed by atoms with Crippen molar-refractivity contribution in [3.05, 3.63) is 72.4 Å². The largest absolute Gasteiger partial charge is 0.484 e. The second-order valence-corrected chi connectivity index (χ2v) is 4.53. The van der Waals surface area contributed by atoms with Crippen LogP contribution in [0.15, 0.2) is 66.9 Å². The first kappa shape index (κ1) is 11.7. The van der Waals surface area contributed by atoms with E-state index in [-0.39, 0.29) is 6.10 Å². The summed E-state index contributed by atoms with van der Waals surface area (Å²) in [5.41, 5.74) is 2.15. The van der Waals surface area contributed by atoms with Crippen molar-refractivity contribution >= 4 is 10.9 Å². The van der Waals surface area contributed by atoms with Gasteiger partial charge in [-0.2, -0.15) is 0 Å². The molecule has 0 aliphatic rings. The highest BCUT2D eigenvalue weighted by atomic mass is 16.5. The zero-order chi connectivity index (χ0) is 13.1. The number of pyridine rings is 1. The number of rotatable bonds is 3. The molecule has 2 heteroatoms. The van der Waals surface area contributed by atoms with Crippen molar-refractivity contribution in [3.8, 4) is 5.75 Å². The van der Waals surface area contributed by atoms with Crippen LogP contribution in [0.3, 0.4) is 0 Å². The molecule has 3 aromatic rings. The molecule has 94 valence electrons. The standard InChI is InChI=1S/C17H15NO/c1-13(14-7-3-2-4-8-14)19-16-11-15-9-5-6-10-17(15)18-12-16/h2-13H,1H3. The summed E-state index contributed by atoms with van der Waals surface area (Å²) in [7, 11) is 0. The van der Waals surface area contributed by atoms with E-state index < -0.39 is 0 Å². The number of hydrogen-bond acceptors (Lipinski definition) is 2. The van der Waals surface area contributed by atoms with Crippen LogP contribution in [0.1, 0.15) is 18.6 Å². The SMILES string of the molecule is CC(Oc1cnc2ccccc2c1)c1ccccc1. The summed E-state index contributed by atoms with van der Waals surface area (Å²) in [4.78, 5) is 4.40. The Morgan fingerprint density at radius 2 is 1.68 bits per heavy atom. The third-order valence-corrected chi connectivity index (χ3v) is 3.15. The first-order chi connectivity index (χ1) is 9.33. The second kappa shape index (κ2) is 5.11. The lowest BCUT2D eigenvalue weighted by Crippen LogP contribution is -2.02. The van der Waals surface area contributed by atoms with Crippen LogP contribution in [0.5, 0.6) is 5.75 Å². The predicted molar refractivity (Wildman–Crippen MR) is 77.2 cm³/mol. The number of aromatic nitrogens is 1. The second-order valence-electron chi connectivity index (χ2n) is 4.53. The Morgan fingerprint density at radius 1 is 0.947 bits per heavy atom. The van der Waals surface area contributed by atoms with Gasteiger partial charge in [-0.25, -0.2) is 0 Å². The van der Waals surface area contributed by atoms with Gasteiger partial charge in [-0.05, 0) is 24.6 Å². The summed E-state index contributed by atoms with van der Waals surface area (Å²) in [6.45, 7) is 2.05. The number of ether oxygens (including phenoxy) is 1. The molecule has 19 heavy (non-hydrogen) atoms. The molecular weight excluding hydrogens is 234 g/mol. The predicted octanol–water partition coefficient (Wildman–Crippen LogP) is 4.37. The van der Waals surface area contributed by atoms with Gasteiger partial charge in [0.05, 0.1) is 11.7 Å². The third-order valence-electron chi connectivity index (χ3n) is 3.15. The van der Waals surface area contributed by atoms with E-state index >= 15 is 0 Å². The quantitative estimate of drug-likeness (QED) is 0.687. The van der Waals surface area contributed by atoms with Crippen LogP contribution in [0.25, 0.3) is 10.9 Å². The van der Waals surface area contributed by atoms with E-state index in [9.17, 15) is 0 Å². The Morgan fingerprint density at radius 3 is 2.53 bits per heavy atom. The average Bonchev–Trinajstić information content (AvgIpc) is 2.48. The fourth-order valence-electron chi connectivity index (χ4n) is 2.11. The molecule has 3 rings (SSSR count). The van der Waals surface area contributed by atoms with Crippen molar-refractivity contribution in [2.24, 2.45) is 0 Å². The molecule has 0 N–H and O–H groups in total. The molecule has 0 spiro atoms. The zero-order valence-corrected chi connectivity index (χ0v) is 10.8. The van der Waals surface area contributed by atoms with E-state index in [1.807, 2.05) is 55.5 Å². The molecule has 0 aliphatic carbocycles. The van der Waals surface area contributed by atoms with Crippen LogP contribution >= 0.6 is 0 Å². The van der Waals surface area contributed by atoms with Crippen LogP contribution < -0.4 is 4.74 Å². The maximum absolute atomic E-state index is 5.95. The number of nitrogens with zero attached hydrogens (tertiary/aromatic N) is 1. The van der Waals surface area contributed by atoms with E-state index in [2.05, 4.69) is 17.1 Å². The van der Waals surface area contributed by atoms with E-state index in [1.165, 1.54) is 0 Å². The molecule has 1 unspecified atom stereocenters. The Kier molecular flexibility index (Phi) is 3.15. The van der Waals surface area contributed by atoms with Crippen molar-refractivity contribution in [1.82, 2.24) is 4.98 Å². The van der Waals surface area contributed by atoms with E-state index in [0.717, 1.165) is 22.2 Å². The van der Waals surface area contributed by atoms with Crippen LogP contribution in [0, 0.1) is 0 Å². The molecule has 2 aromatic carbocycles. The van der Waals surface area contributed by atoms with Gasteiger partial charge < -0.3 is 4.74 Å². The third kappa shape index (κ3) is 2.58. The Labute approximate surface area is 112 Å². The topological polar surface area (TPSA) is 22.1 Å². The molecule has 1 heterocycles. The molecule has 0 fully saturated rings. The van der Waals surface area contributed by atoms with E-state index in [1.54, 1.807) is 6.20 Å². The van der Waals surface area contributed by atoms with Gasteiger partial charge in [0.1, 0.15) is 11.9 Å².